The second-order valence-electron chi connectivity index (χ2n) is 4.99. The Labute approximate surface area is 121 Å². The van der Waals surface area contributed by atoms with Crippen molar-refractivity contribution in [1.29, 1.82) is 0 Å². The largest absolute Gasteiger partial charge is 0.467 e. The van der Waals surface area contributed by atoms with Gasteiger partial charge in [-0.3, -0.25) is 4.79 Å². The molecule has 0 fully saturated rings. The van der Waals surface area contributed by atoms with Crippen LogP contribution in [0.3, 0.4) is 0 Å². The Bertz CT molecular complexity index is 619. The first kappa shape index (κ1) is 13.2. The number of thiophene rings is 1. The molecule has 2 aromatic heterocycles. The van der Waals surface area contributed by atoms with Gasteiger partial charge in [0.05, 0.1) is 23.4 Å². The molecule has 0 saturated carbocycles. The van der Waals surface area contributed by atoms with E-state index >= 15 is 0 Å². The molecule has 2 aromatic rings. The molecule has 1 aliphatic rings. The molecule has 0 bridgehead atoms. The SMILES string of the molecule is CN1CCc2c(sc(N)c2C(=O)NCc2ccco2)C1. The summed E-state index contributed by atoms with van der Waals surface area (Å²) >= 11 is 1.52. The lowest BCUT2D eigenvalue weighted by Gasteiger charge is -2.22. The van der Waals surface area contributed by atoms with Gasteiger partial charge in [-0.1, -0.05) is 0 Å². The van der Waals surface area contributed by atoms with Crippen molar-refractivity contribution in [1.82, 2.24) is 10.2 Å². The minimum absolute atomic E-state index is 0.110. The van der Waals surface area contributed by atoms with Crippen molar-refractivity contribution in [3.63, 3.8) is 0 Å². The van der Waals surface area contributed by atoms with E-state index in [1.165, 1.54) is 16.2 Å². The summed E-state index contributed by atoms with van der Waals surface area (Å²) in [5.74, 6) is 0.627. The molecule has 0 aliphatic carbocycles. The van der Waals surface area contributed by atoms with Crippen molar-refractivity contribution < 1.29 is 9.21 Å². The lowest BCUT2D eigenvalue weighted by molar-refractivity contribution is 0.0948. The third kappa shape index (κ3) is 2.44. The molecule has 0 unspecified atom stereocenters. The number of nitrogen functional groups attached to an aromatic ring is 1. The van der Waals surface area contributed by atoms with Gasteiger partial charge in [0.15, 0.2) is 0 Å². The van der Waals surface area contributed by atoms with Crippen LogP contribution >= 0.6 is 11.3 Å². The Morgan fingerprint density at radius 2 is 2.45 bits per heavy atom. The van der Waals surface area contributed by atoms with E-state index < -0.39 is 0 Å². The number of fused-ring (bicyclic) bond motifs is 1. The molecule has 1 amide bonds. The standard InChI is InChI=1S/C14H17N3O2S/c1-17-5-4-10-11(8-17)20-13(15)12(10)14(18)16-7-9-3-2-6-19-9/h2-3,6H,4-5,7-8,15H2,1H3,(H,16,18). The topological polar surface area (TPSA) is 71.5 Å². The fourth-order valence-corrected chi connectivity index (χ4v) is 3.67. The molecule has 6 heteroatoms. The number of amides is 1. The van der Waals surface area contributed by atoms with Gasteiger partial charge in [0.25, 0.3) is 5.91 Å². The lowest BCUT2D eigenvalue weighted by Crippen LogP contribution is -2.28. The molecule has 3 N–H and O–H groups in total. The zero-order valence-electron chi connectivity index (χ0n) is 11.3. The highest BCUT2D eigenvalue weighted by Gasteiger charge is 2.25. The van der Waals surface area contributed by atoms with Gasteiger partial charge in [-0.25, -0.2) is 0 Å². The third-order valence-corrected chi connectivity index (χ3v) is 4.55. The second-order valence-corrected chi connectivity index (χ2v) is 6.13. The molecule has 5 nitrogen and oxygen atoms in total. The highest BCUT2D eigenvalue weighted by Crippen LogP contribution is 2.34. The third-order valence-electron chi connectivity index (χ3n) is 3.51. The minimum atomic E-state index is -0.110. The van der Waals surface area contributed by atoms with Crippen LogP contribution in [0.25, 0.3) is 0 Å². The number of hydrogen-bond acceptors (Lipinski definition) is 5. The van der Waals surface area contributed by atoms with E-state index in [9.17, 15) is 4.79 Å². The fourth-order valence-electron chi connectivity index (χ4n) is 2.47. The summed E-state index contributed by atoms with van der Waals surface area (Å²) in [5, 5.41) is 3.48. The van der Waals surface area contributed by atoms with Crippen molar-refractivity contribution >= 4 is 22.2 Å². The van der Waals surface area contributed by atoms with Crippen molar-refractivity contribution in [3.05, 3.63) is 40.2 Å². The molecular formula is C14H17N3O2S. The summed E-state index contributed by atoms with van der Waals surface area (Å²) in [6.45, 7) is 2.22. The summed E-state index contributed by atoms with van der Waals surface area (Å²) in [4.78, 5) is 15.8. The first-order chi connectivity index (χ1) is 9.65. The second kappa shape index (κ2) is 5.30. The molecule has 20 heavy (non-hydrogen) atoms. The number of nitrogens with zero attached hydrogens (tertiary/aromatic N) is 1. The molecule has 0 aromatic carbocycles. The van der Waals surface area contributed by atoms with Crippen molar-refractivity contribution in [2.45, 2.75) is 19.5 Å². The highest BCUT2D eigenvalue weighted by molar-refractivity contribution is 7.16. The van der Waals surface area contributed by atoms with Crippen LogP contribution in [-0.2, 0) is 19.5 Å². The quantitative estimate of drug-likeness (QED) is 0.905. The van der Waals surface area contributed by atoms with Crippen molar-refractivity contribution in [3.8, 4) is 0 Å². The van der Waals surface area contributed by atoms with Gasteiger partial charge in [-0.2, -0.15) is 0 Å². The molecule has 3 rings (SSSR count). The van der Waals surface area contributed by atoms with Crippen LogP contribution in [0.5, 0.6) is 0 Å². The number of nitrogens with two attached hydrogens (primary N) is 1. The van der Waals surface area contributed by atoms with Gasteiger partial charge in [0.2, 0.25) is 0 Å². The summed E-state index contributed by atoms with van der Waals surface area (Å²) < 4.78 is 5.21. The van der Waals surface area contributed by atoms with Crippen LogP contribution in [0.1, 0.15) is 26.6 Å². The van der Waals surface area contributed by atoms with E-state index in [1.54, 1.807) is 12.3 Å². The normalized spacial score (nSPS) is 15.1. The Balaban J connectivity index is 1.78. The van der Waals surface area contributed by atoms with Crippen LogP contribution in [0.15, 0.2) is 22.8 Å². The molecular weight excluding hydrogens is 274 g/mol. The molecule has 0 saturated heterocycles. The Kier molecular flexibility index (Phi) is 3.50. The molecule has 0 radical (unpaired) electrons. The maximum Gasteiger partial charge on any atom is 0.254 e. The number of nitrogens with one attached hydrogen (secondary N) is 1. The fraction of sp³-hybridized carbons (Fsp3) is 0.357. The van der Waals surface area contributed by atoms with E-state index in [0.717, 1.165) is 30.8 Å². The van der Waals surface area contributed by atoms with Gasteiger partial charge >= 0.3 is 0 Å². The van der Waals surface area contributed by atoms with E-state index in [2.05, 4.69) is 17.3 Å². The van der Waals surface area contributed by atoms with Crippen molar-refractivity contribution in [2.75, 3.05) is 19.3 Å². The predicted octanol–water partition coefficient (Wildman–Crippen LogP) is 1.84. The minimum Gasteiger partial charge on any atom is -0.467 e. The van der Waals surface area contributed by atoms with E-state index in [0.29, 0.717) is 17.1 Å². The molecule has 0 spiro atoms. The molecule has 1 aliphatic heterocycles. The molecule has 3 heterocycles. The van der Waals surface area contributed by atoms with E-state index in [4.69, 9.17) is 10.2 Å². The molecule has 0 atom stereocenters. The Morgan fingerprint density at radius 3 is 3.20 bits per heavy atom. The van der Waals surface area contributed by atoms with Gasteiger partial charge in [-0.15, -0.1) is 11.3 Å². The Morgan fingerprint density at radius 1 is 1.60 bits per heavy atom. The summed E-state index contributed by atoms with van der Waals surface area (Å²) in [6.07, 6.45) is 2.47. The summed E-state index contributed by atoms with van der Waals surface area (Å²) in [5.41, 5.74) is 7.80. The summed E-state index contributed by atoms with van der Waals surface area (Å²) in [7, 11) is 2.08. The smallest absolute Gasteiger partial charge is 0.254 e. The van der Waals surface area contributed by atoms with E-state index in [1.807, 2.05) is 6.07 Å². The van der Waals surface area contributed by atoms with Gasteiger partial charge < -0.3 is 20.4 Å². The van der Waals surface area contributed by atoms with Gasteiger partial charge in [0, 0.05) is 18.0 Å². The number of likely N-dealkylation sites (N-methyl/N-ethyl adjacent to an activating group) is 1. The zero-order chi connectivity index (χ0) is 14.1. The number of rotatable bonds is 3. The number of carbonyl (C=O) groups is 1. The van der Waals surface area contributed by atoms with Crippen LogP contribution in [-0.4, -0.2) is 24.4 Å². The average Bonchev–Trinajstić information content (AvgIpc) is 3.02. The Hall–Kier alpha value is -1.79. The van der Waals surface area contributed by atoms with Crippen LogP contribution in [0.2, 0.25) is 0 Å². The van der Waals surface area contributed by atoms with Crippen molar-refractivity contribution in [2.24, 2.45) is 0 Å². The first-order valence-corrected chi connectivity index (χ1v) is 7.36. The predicted molar refractivity (Wildman–Crippen MR) is 78.6 cm³/mol. The first-order valence-electron chi connectivity index (χ1n) is 6.54. The van der Waals surface area contributed by atoms with Crippen LogP contribution in [0, 0.1) is 0 Å². The maximum absolute atomic E-state index is 12.3. The average molecular weight is 291 g/mol. The van der Waals surface area contributed by atoms with E-state index in [-0.39, 0.29) is 5.91 Å². The lowest BCUT2D eigenvalue weighted by atomic mass is 10.0. The number of furan rings is 1. The number of carbonyl (C=O) groups excluding carboxylic acids is 1. The van der Waals surface area contributed by atoms with Crippen LogP contribution < -0.4 is 11.1 Å². The monoisotopic (exact) mass is 291 g/mol. The zero-order valence-corrected chi connectivity index (χ0v) is 12.1. The summed E-state index contributed by atoms with van der Waals surface area (Å²) in [6, 6.07) is 3.64. The number of anilines is 1. The molecule has 106 valence electrons. The van der Waals surface area contributed by atoms with Gasteiger partial charge in [0.1, 0.15) is 5.76 Å². The number of hydrogen-bond donors (Lipinski definition) is 2. The maximum atomic E-state index is 12.3. The van der Waals surface area contributed by atoms with Crippen LogP contribution in [0.4, 0.5) is 5.00 Å². The van der Waals surface area contributed by atoms with Gasteiger partial charge in [-0.05, 0) is 31.2 Å². The highest BCUT2D eigenvalue weighted by atomic mass is 32.1.